The molecule has 24 heavy (non-hydrogen) atoms. The van der Waals surface area contributed by atoms with Crippen LogP contribution in [0.25, 0.3) is 0 Å². The molecule has 0 aromatic heterocycles. The topological polar surface area (TPSA) is 47.6 Å². The molecule has 0 atom stereocenters. The summed E-state index contributed by atoms with van der Waals surface area (Å²) in [6.45, 7) is 2.66. The molecule has 0 heterocycles. The van der Waals surface area contributed by atoms with Gasteiger partial charge in [-0.1, -0.05) is 23.7 Å². The number of rotatable bonds is 7. The van der Waals surface area contributed by atoms with E-state index in [4.69, 9.17) is 21.1 Å². The number of carbonyl (C=O) groups excluding carboxylic acids is 1. The van der Waals surface area contributed by atoms with E-state index in [0.29, 0.717) is 41.7 Å². The Bertz CT molecular complexity index is 721. The van der Waals surface area contributed by atoms with Gasteiger partial charge >= 0.3 is 0 Å². The van der Waals surface area contributed by atoms with Gasteiger partial charge in [0.15, 0.2) is 11.5 Å². The molecule has 2 rings (SSSR count). The summed E-state index contributed by atoms with van der Waals surface area (Å²) in [5.74, 6) is 0.245. The largest absolute Gasteiger partial charge is 0.493 e. The zero-order chi connectivity index (χ0) is 17.5. The van der Waals surface area contributed by atoms with Crippen LogP contribution in [0.2, 0.25) is 5.02 Å². The van der Waals surface area contributed by atoms with Gasteiger partial charge in [-0.15, -0.1) is 0 Å². The number of hydrogen-bond acceptors (Lipinski definition) is 3. The predicted octanol–water partition coefficient (Wildman–Crippen LogP) is 3.86. The Labute approximate surface area is 145 Å². The summed E-state index contributed by atoms with van der Waals surface area (Å²) >= 11 is 6.16. The molecule has 0 spiro atoms. The number of benzene rings is 2. The first-order chi connectivity index (χ1) is 11.5. The maximum atomic E-state index is 13.1. The first kappa shape index (κ1) is 18.1. The minimum absolute atomic E-state index is 0.283. The Balaban J connectivity index is 2.03. The van der Waals surface area contributed by atoms with Crippen molar-refractivity contribution < 1.29 is 18.7 Å². The third-order valence-corrected chi connectivity index (χ3v) is 3.65. The number of carbonyl (C=O) groups is 1. The summed E-state index contributed by atoms with van der Waals surface area (Å²) in [6.07, 6.45) is 0.533. The van der Waals surface area contributed by atoms with Crippen molar-refractivity contribution >= 4 is 17.5 Å². The van der Waals surface area contributed by atoms with Crippen molar-refractivity contribution in [2.45, 2.75) is 13.3 Å². The minimum atomic E-state index is -0.290. The van der Waals surface area contributed by atoms with Crippen LogP contribution in [0.15, 0.2) is 36.4 Å². The van der Waals surface area contributed by atoms with Crippen LogP contribution in [0.3, 0.4) is 0 Å². The number of halogens is 2. The zero-order valence-corrected chi connectivity index (χ0v) is 14.3. The van der Waals surface area contributed by atoms with E-state index in [9.17, 15) is 9.18 Å². The lowest BCUT2D eigenvalue weighted by atomic mass is 10.1. The molecule has 2 aromatic rings. The smallest absolute Gasteiger partial charge is 0.251 e. The monoisotopic (exact) mass is 351 g/mol. The third kappa shape index (κ3) is 4.61. The van der Waals surface area contributed by atoms with Crippen LogP contribution in [0, 0.1) is 5.82 Å². The zero-order valence-electron chi connectivity index (χ0n) is 13.6. The highest BCUT2D eigenvalue weighted by Gasteiger charge is 2.15. The average molecular weight is 352 g/mol. The summed E-state index contributed by atoms with van der Waals surface area (Å²) in [4.78, 5) is 12.3. The standard InChI is InChI=1S/C18H19ClFNO3/c1-3-24-17-15(19)10-13(11-16(17)23-2)18(22)21-8-7-12-5-4-6-14(20)9-12/h4-6,9-11H,3,7-8H2,1-2H3,(H,21,22). The average Bonchev–Trinajstić information content (AvgIpc) is 2.56. The van der Waals surface area contributed by atoms with E-state index in [0.717, 1.165) is 5.56 Å². The second-order valence-corrected chi connectivity index (χ2v) is 5.47. The van der Waals surface area contributed by atoms with Gasteiger partial charge in [0.05, 0.1) is 18.7 Å². The highest BCUT2D eigenvalue weighted by molar-refractivity contribution is 6.32. The highest BCUT2D eigenvalue weighted by atomic mass is 35.5. The van der Waals surface area contributed by atoms with Crippen LogP contribution >= 0.6 is 11.6 Å². The molecule has 128 valence electrons. The van der Waals surface area contributed by atoms with Gasteiger partial charge in [-0.25, -0.2) is 4.39 Å². The van der Waals surface area contributed by atoms with Crippen molar-refractivity contribution in [3.63, 3.8) is 0 Å². The van der Waals surface area contributed by atoms with Crippen LogP contribution in [-0.4, -0.2) is 26.2 Å². The molecule has 2 aromatic carbocycles. The van der Waals surface area contributed by atoms with Crippen LogP contribution in [0.5, 0.6) is 11.5 Å². The molecule has 0 aliphatic heterocycles. The van der Waals surface area contributed by atoms with Gasteiger partial charge in [0, 0.05) is 12.1 Å². The van der Waals surface area contributed by atoms with Gasteiger partial charge in [-0.3, -0.25) is 4.79 Å². The fourth-order valence-electron chi connectivity index (χ4n) is 2.25. The van der Waals surface area contributed by atoms with Crippen LogP contribution < -0.4 is 14.8 Å². The molecular weight excluding hydrogens is 333 g/mol. The van der Waals surface area contributed by atoms with Gasteiger partial charge < -0.3 is 14.8 Å². The lowest BCUT2D eigenvalue weighted by Crippen LogP contribution is -2.25. The second kappa shape index (κ2) is 8.55. The Kier molecular flexibility index (Phi) is 6.44. The van der Waals surface area contributed by atoms with Crippen LogP contribution in [0.1, 0.15) is 22.8 Å². The van der Waals surface area contributed by atoms with E-state index in [2.05, 4.69) is 5.32 Å². The van der Waals surface area contributed by atoms with Crippen molar-refractivity contribution in [3.8, 4) is 11.5 Å². The maximum Gasteiger partial charge on any atom is 0.251 e. The van der Waals surface area contributed by atoms with Crippen molar-refractivity contribution in [3.05, 3.63) is 58.4 Å². The molecule has 0 aliphatic carbocycles. The van der Waals surface area contributed by atoms with E-state index in [1.165, 1.54) is 25.3 Å². The fraction of sp³-hybridized carbons (Fsp3) is 0.278. The molecule has 0 unspecified atom stereocenters. The lowest BCUT2D eigenvalue weighted by molar-refractivity contribution is 0.0953. The SMILES string of the molecule is CCOc1c(Cl)cc(C(=O)NCCc2cccc(F)c2)cc1OC. The molecular formula is C18H19ClFNO3. The highest BCUT2D eigenvalue weighted by Crippen LogP contribution is 2.36. The maximum absolute atomic E-state index is 13.1. The van der Waals surface area contributed by atoms with Crippen molar-refractivity contribution in [1.82, 2.24) is 5.32 Å². The lowest BCUT2D eigenvalue weighted by Gasteiger charge is -2.13. The van der Waals surface area contributed by atoms with E-state index in [-0.39, 0.29) is 11.7 Å². The first-order valence-corrected chi connectivity index (χ1v) is 7.96. The van der Waals surface area contributed by atoms with Gasteiger partial charge in [-0.2, -0.15) is 0 Å². The normalized spacial score (nSPS) is 10.3. The molecule has 1 N–H and O–H groups in total. The number of amides is 1. The van der Waals surface area contributed by atoms with Crippen LogP contribution in [-0.2, 0) is 6.42 Å². The Morgan fingerprint density at radius 3 is 2.75 bits per heavy atom. The number of methoxy groups -OCH3 is 1. The molecule has 0 saturated carbocycles. The van der Waals surface area contributed by atoms with E-state index in [1.54, 1.807) is 12.1 Å². The van der Waals surface area contributed by atoms with Crippen LogP contribution in [0.4, 0.5) is 4.39 Å². The van der Waals surface area contributed by atoms with E-state index < -0.39 is 0 Å². The van der Waals surface area contributed by atoms with Gasteiger partial charge in [0.25, 0.3) is 5.91 Å². The minimum Gasteiger partial charge on any atom is -0.493 e. The molecule has 0 radical (unpaired) electrons. The number of nitrogens with one attached hydrogen (secondary N) is 1. The summed E-state index contributed by atoms with van der Waals surface area (Å²) in [7, 11) is 1.49. The van der Waals surface area contributed by atoms with Gasteiger partial charge in [-0.05, 0) is 43.2 Å². The molecule has 4 nitrogen and oxygen atoms in total. The van der Waals surface area contributed by atoms with Gasteiger partial charge in [0.2, 0.25) is 0 Å². The molecule has 0 bridgehead atoms. The molecule has 0 fully saturated rings. The quantitative estimate of drug-likeness (QED) is 0.824. The summed E-state index contributed by atoms with van der Waals surface area (Å²) < 4.78 is 23.8. The predicted molar refractivity (Wildman–Crippen MR) is 91.6 cm³/mol. The second-order valence-electron chi connectivity index (χ2n) is 5.06. The van der Waals surface area contributed by atoms with E-state index >= 15 is 0 Å². The molecule has 1 amide bonds. The molecule has 0 saturated heterocycles. The Hall–Kier alpha value is -2.27. The number of hydrogen-bond donors (Lipinski definition) is 1. The molecule has 6 heteroatoms. The third-order valence-electron chi connectivity index (χ3n) is 3.37. The van der Waals surface area contributed by atoms with Crippen molar-refractivity contribution in [2.24, 2.45) is 0 Å². The number of ether oxygens (including phenoxy) is 2. The first-order valence-electron chi connectivity index (χ1n) is 7.58. The Morgan fingerprint density at radius 2 is 2.08 bits per heavy atom. The summed E-state index contributed by atoms with van der Waals surface area (Å²) in [5.41, 5.74) is 1.19. The van der Waals surface area contributed by atoms with Crippen molar-refractivity contribution in [1.29, 1.82) is 0 Å². The Morgan fingerprint density at radius 1 is 1.29 bits per heavy atom. The van der Waals surface area contributed by atoms with Crippen molar-refractivity contribution in [2.75, 3.05) is 20.3 Å². The molecule has 0 aliphatic rings. The van der Waals surface area contributed by atoms with Gasteiger partial charge in [0.1, 0.15) is 5.82 Å². The summed E-state index contributed by atoms with van der Waals surface area (Å²) in [6, 6.07) is 9.40. The van der Waals surface area contributed by atoms with E-state index in [1.807, 2.05) is 13.0 Å². The fourth-order valence-corrected chi connectivity index (χ4v) is 2.52. The summed E-state index contributed by atoms with van der Waals surface area (Å²) in [5, 5.41) is 3.09.